The van der Waals surface area contributed by atoms with Crippen LogP contribution >= 0.6 is 0 Å². The average Bonchev–Trinajstić information content (AvgIpc) is 3.28. The van der Waals surface area contributed by atoms with Gasteiger partial charge in [-0.15, -0.1) is 0 Å². The number of aliphatic hydroxyl groups is 5. The molecule has 0 aromatic carbocycles. The van der Waals surface area contributed by atoms with E-state index in [1.165, 1.54) is 199 Å². The standard InChI is InChI=1S/C54H103NO8/c1-3-5-7-9-11-13-14-15-16-17-18-19-20-21-22-23-24-25-26-27-28-29-30-31-32-33-34-36-38-40-42-44-50(58)55-47(48(57)43-41-39-37-35-12-10-8-6-4-2)46-62-54-53(61)52(60)51(59)49(45-56)63-54/h17-18,41,43,47-49,51-54,56-57,59-61H,3-16,19-40,42,44-46H2,1-2H3,(H,55,58)/b18-17-,43-41+. The van der Waals surface area contributed by atoms with Crippen molar-refractivity contribution in [3.8, 4) is 0 Å². The van der Waals surface area contributed by atoms with Gasteiger partial charge in [-0.3, -0.25) is 4.79 Å². The number of ether oxygens (including phenoxy) is 2. The van der Waals surface area contributed by atoms with E-state index in [9.17, 15) is 30.3 Å². The van der Waals surface area contributed by atoms with Gasteiger partial charge in [-0.25, -0.2) is 0 Å². The highest BCUT2D eigenvalue weighted by molar-refractivity contribution is 5.76. The van der Waals surface area contributed by atoms with Crippen LogP contribution in [0.2, 0.25) is 0 Å². The highest BCUT2D eigenvalue weighted by Gasteiger charge is 2.44. The summed E-state index contributed by atoms with van der Waals surface area (Å²) in [6.45, 7) is 3.76. The van der Waals surface area contributed by atoms with Crippen LogP contribution < -0.4 is 5.32 Å². The van der Waals surface area contributed by atoms with Crippen molar-refractivity contribution in [2.45, 2.75) is 301 Å². The fourth-order valence-corrected chi connectivity index (χ4v) is 8.68. The molecule has 7 atom stereocenters. The number of carbonyl (C=O) groups is 1. The molecule has 1 aliphatic rings. The summed E-state index contributed by atoms with van der Waals surface area (Å²) in [5.41, 5.74) is 0. The molecule has 9 heteroatoms. The summed E-state index contributed by atoms with van der Waals surface area (Å²) in [6, 6.07) is -0.799. The largest absolute Gasteiger partial charge is 0.394 e. The van der Waals surface area contributed by atoms with Crippen LogP contribution in [0.4, 0.5) is 0 Å². The van der Waals surface area contributed by atoms with Crippen LogP contribution in [0.3, 0.4) is 0 Å². The number of hydrogen-bond acceptors (Lipinski definition) is 8. The first-order valence-corrected chi connectivity index (χ1v) is 27.1. The summed E-state index contributed by atoms with van der Waals surface area (Å²) in [6.07, 6.45) is 48.4. The van der Waals surface area contributed by atoms with Gasteiger partial charge in [0.2, 0.25) is 5.91 Å². The summed E-state index contributed by atoms with van der Waals surface area (Å²) in [4.78, 5) is 13.0. The fraction of sp³-hybridized carbons (Fsp3) is 0.907. The summed E-state index contributed by atoms with van der Waals surface area (Å²) in [7, 11) is 0. The molecule has 0 aromatic rings. The van der Waals surface area contributed by atoms with Crippen molar-refractivity contribution in [2.75, 3.05) is 13.2 Å². The van der Waals surface area contributed by atoms with Crippen LogP contribution in [0.1, 0.15) is 258 Å². The third kappa shape index (κ3) is 34.6. The minimum Gasteiger partial charge on any atom is -0.394 e. The molecule has 0 radical (unpaired) electrons. The molecule has 0 bridgehead atoms. The van der Waals surface area contributed by atoms with E-state index in [-0.39, 0.29) is 12.5 Å². The van der Waals surface area contributed by atoms with Gasteiger partial charge < -0.3 is 40.3 Å². The Morgan fingerprint density at radius 3 is 1.29 bits per heavy atom. The number of aliphatic hydroxyl groups excluding tert-OH is 5. The van der Waals surface area contributed by atoms with E-state index in [0.717, 1.165) is 38.5 Å². The lowest BCUT2D eigenvalue weighted by Crippen LogP contribution is -2.60. The molecule has 0 aliphatic carbocycles. The van der Waals surface area contributed by atoms with Gasteiger partial charge >= 0.3 is 0 Å². The SMILES string of the molecule is CCCCCCCCC/C=C/C(O)C(COC1OC(CO)C(O)C(O)C1O)NC(=O)CCCCCCCCCCCCCCCCCCCCC/C=C\CCCCCCCCCC. The number of hydrogen-bond donors (Lipinski definition) is 6. The van der Waals surface area contributed by atoms with Crippen LogP contribution in [0, 0.1) is 0 Å². The first-order valence-electron chi connectivity index (χ1n) is 27.1. The van der Waals surface area contributed by atoms with Crippen molar-refractivity contribution in [3.63, 3.8) is 0 Å². The summed E-state index contributed by atoms with van der Waals surface area (Å²) >= 11 is 0. The minimum atomic E-state index is -1.56. The number of allylic oxidation sites excluding steroid dienone is 3. The summed E-state index contributed by atoms with van der Waals surface area (Å²) in [5, 5.41) is 54.1. The molecule has 0 saturated carbocycles. The number of amides is 1. The van der Waals surface area contributed by atoms with E-state index in [1.807, 2.05) is 6.08 Å². The van der Waals surface area contributed by atoms with Gasteiger partial charge in [0.15, 0.2) is 6.29 Å². The Kier molecular flexibility index (Phi) is 42.2. The van der Waals surface area contributed by atoms with E-state index >= 15 is 0 Å². The topological polar surface area (TPSA) is 149 Å². The van der Waals surface area contributed by atoms with Gasteiger partial charge in [-0.05, 0) is 44.9 Å². The van der Waals surface area contributed by atoms with Gasteiger partial charge in [0, 0.05) is 6.42 Å². The zero-order valence-electron chi connectivity index (χ0n) is 41.1. The molecule has 1 saturated heterocycles. The van der Waals surface area contributed by atoms with Crippen molar-refractivity contribution in [2.24, 2.45) is 0 Å². The number of carbonyl (C=O) groups excluding carboxylic acids is 1. The fourth-order valence-electron chi connectivity index (χ4n) is 8.68. The third-order valence-electron chi connectivity index (χ3n) is 13.0. The highest BCUT2D eigenvalue weighted by Crippen LogP contribution is 2.23. The molecule has 7 unspecified atom stereocenters. The molecule has 0 aromatic heterocycles. The molecule has 0 spiro atoms. The molecular weight excluding hydrogens is 791 g/mol. The van der Waals surface area contributed by atoms with Crippen LogP contribution in [-0.2, 0) is 14.3 Å². The first kappa shape index (κ1) is 59.7. The average molecular weight is 894 g/mol. The molecule has 6 N–H and O–H groups in total. The Morgan fingerprint density at radius 1 is 0.524 bits per heavy atom. The normalized spacial score (nSPS) is 20.3. The third-order valence-corrected chi connectivity index (χ3v) is 13.0. The van der Waals surface area contributed by atoms with Crippen LogP contribution in [0.15, 0.2) is 24.3 Å². The van der Waals surface area contributed by atoms with Crippen molar-refractivity contribution in [1.82, 2.24) is 5.32 Å². The van der Waals surface area contributed by atoms with Crippen molar-refractivity contribution < 1.29 is 39.8 Å². The Balaban J connectivity index is 2.08. The predicted octanol–water partition coefficient (Wildman–Crippen LogP) is 12.6. The maximum Gasteiger partial charge on any atom is 0.220 e. The molecule has 1 fully saturated rings. The van der Waals surface area contributed by atoms with Gasteiger partial charge in [0.25, 0.3) is 0 Å². The second kappa shape index (κ2) is 44.5. The Hall–Kier alpha value is -1.33. The number of unbranched alkanes of at least 4 members (excludes halogenated alkanes) is 34. The quantitative estimate of drug-likeness (QED) is 0.0261. The van der Waals surface area contributed by atoms with E-state index in [0.29, 0.717) is 6.42 Å². The van der Waals surface area contributed by atoms with E-state index in [2.05, 4.69) is 31.3 Å². The lowest BCUT2D eigenvalue weighted by atomic mass is 9.99. The van der Waals surface area contributed by atoms with Crippen LogP contribution in [0.5, 0.6) is 0 Å². The minimum absolute atomic E-state index is 0.176. The molecule has 1 heterocycles. The predicted molar refractivity (Wildman–Crippen MR) is 263 cm³/mol. The zero-order valence-corrected chi connectivity index (χ0v) is 41.1. The number of rotatable bonds is 46. The Morgan fingerprint density at radius 2 is 0.889 bits per heavy atom. The Labute approximate surface area is 388 Å². The van der Waals surface area contributed by atoms with Crippen LogP contribution in [0.25, 0.3) is 0 Å². The van der Waals surface area contributed by atoms with Gasteiger partial charge in [0.05, 0.1) is 25.4 Å². The molecule has 1 amide bonds. The molecule has 9 nitrogen and oxygen atoms in total. The summed E-state index contributed by atoms with van der Waals surface area (Å²) < 4.78 is 11.2. The highest BCUT2D eigenvalue weighted by atomic mass is 16.7. The zero-order chi connectivity index (χ0) is 45.9. The van der Waals surface area contributed by atoms with Crippen LogP contribution in [-0.4, -0.2) is 87.5 Å². The molecule has 372 valence electrons. The van der Waals surface area contributed by atoms with E-state index in [4.69, 9.17) is 9.47 Å². The maximum atomic E-state index is 13.0. The van der Waals surface area contributed by atoms with Crippen molar-refractivity contribution in [1.29, 1.82) is 0 Å². The number of nitrogens with one attached hydrogen (secondary N) is 1. The van der Waals surface area contributed by atoms with Gasteiger partial charge in [0.1, 0.15) is 24.4 Å². The smallest absolute Gasteiger partial charge is 0.220 e. The van der Waals surface area contributed by atoms with Gasteiger partial charge in [-0.2, -0.15) is 0 Å². The monoisotopic (exact) mass is 894 g/mol. The van der Waals surface area contributed by atoms with Gasteiger partial charge in [-0.1, -0.05) is 231 Å². The molecule has 63 heavy (non-hydrogen) atoms. The van der Waals surface area contributed by atoms with E-state index in [1.54, 1.807) is 6.08 Å². The lowest BCUT2D eigenvalue weighted by molar-refractivity contribution is -0.302. The molecule has 1 aliphatic heterocycles. The Bertz CT molecular complexity index is 1040. The van der Waals surface area contributed by atoms with Crippen molar-refractivity contribution >= 4 is 5.91 Å². The second-order valence-electron chi connectivity index (χ2n) is 19.0. The second-order valence-corrected chi connectivity index (χ2v) is 19.0. The van der Waals surface area contributed by atoms with E-state index < -0.39 is 49.5 Å². The summed E-state index contributed by atoms with van der Waals surface area (Å²) in [5.74, 6) is -0.176. The maximum absolute atomic E-state index is 13.0. The molecular formula is C54H103NO8. The lowest BCUT2D eigenvalue weighted by Gasteiger charge is -2.40. The first-order chi connectivity index (χ1) is 30.8. The van der Waals surface area contributed by atoms with Crippen molar-refractivity contribution in [3.05, 3.63) is 24.3 Å². The molecule has 1 rings (SSSR count).